The maximum Gasteiger partial charge on any atom is 0.472 e. The predicted molar refractivity (Wildman–Crippen MR) is 481 cm³/mol. The summed E-state index contributed by atoms with van der Waals surface area (Å²) in [5.41, 5.74) is 38.1. The largest absolute Gasteiger partial charge is 0.472 e. The number of aromatic amines is 1. The molecule has 20 heterocycles. The average Bonchev–Trinajstić information content (AvgIpc) is 1.62. The molecule has 0 radical (unpaired) electrons. The lowest BCUT2D eigenvalue weighted by atomic mass is 10.1. The standard InChI is InChI=1S/C69H85N33O42P6/c70-28-1-2-96(69(112)93-28)61-35(104)42(126-4-22-44(139-145(113,114)115)37(106)63(133-22)98-16-88-30-50(72)78-11-83-55(30)98)23(134-61)5-127-147(118,119)141-45-24(135-64(38(45)107)99-17-89-31-51(73)79-12-84-56(31)99)6-129-148(120,121)142-46-25(136-65(39(46)108)100-18-90-32-52(74)80-13-85-57(32)100)7-130-149(122,123)143-47-26(137-66(40(47)109)101-19-91-33-53(75)81-14-86-58(33)101)8-131-150(124,125)144-48-27(138-67(41(48)110)102-20-92-34-59(102)94-68(76)95-60(34)111)9-128-146(116,117)140-43-21(3-103)132-62(36(43)105)97-15-87-29-49(71)77-10-82-54(29)97/h1-2,10-27,35-48,61-67,103-110H,3-9H2,(H,116,117)(H,118,119)(H,120,121)(H,122,123)(H,124,125)(H2,70,93,112)(H2,71,77,82)(H2,72,78,83)(H2,73,79,84)(H2,74,80,85)(H2,75,81,86)(H2,113,114,115)(H3,76,94,95,111)/t21-,22-,23-,24-,25-,26-,27-,35-,36-,37-,38-,39-,40-,41-,42-,43-,44-,45-,46-,47-,48-,61-,62-,63-,64-,65-,66-,67-/m1/s1. The van der Waals surface area contributed by atoms with E-state index >= 15 is 0 Å². The number of phosphoric acid groups is 6. The molecular weight excluding hydrogens is 2150 g/mol. The quantitative estimate of drug-likeness (QED) is 0.0160. The number of anilines is 7. The molecule has 7 aliphatic rings. The molecule has 0 bridgehead atoms. The summed E-state index contributed by atoms with van der Waals surface area (Å²) in [5, 5.41) is 94.7. The summed E-state index contributed by atoms with van der Waals surface area (Å²) in [6.07, 6.45) is -44.6. The van der Waals surface area contributed by atoms with Crippen LogP contribution in [0.4, 0.5) is 40.9 Å². The first-order valence-electron chi connectivity index (χ1n) is 43.5. The molecule has 20 rings (SSSR count). The molecule has 0 aliphatic carbocycles. The van der Waals surface area contributed by atoms with Gasteiger partial charge in [0.15, 0.2) is 112 Å². The number of aromatic nitrogens is 26. The Morgan fingerprint density at radius 3 is 0.840 bits per heavy atom. The van der Waals surface area contributed by atoms with Crippen LogP contribution in [-0.2, 0) is 115 Å². The van der Waals surface area contributed by atoms with Crippen LogP contribution in [0, 0.1) is 0 Å². The third kappa shape index (κ3) is 20.7. The van der Waals surface area contributed by atoms with Crippen molar-refractivity contribution in [2.75, 3.05) is 86.4 Å². The molecule has 5 unspecified atom stereocenters. The van der Waals surface area contributed by atoms with Gasteiger partial charge in [-0.3, -0.25) is 91.5 Å². The minimum Gasteiger partial charge on any atom is -0.394 e. The fourth-order valence-electron chi connectivity index (χ4n) is 17.7. The predicted octanol–water partition coefficient (Wildman–Crippen LogP) is -8.17. The van der Waals surface area contributed by atoms with E-state index in [9.17, 15) is 112 Å². The van der Waals surface area contributed by atoms with Crippen LogP contribution in [0.25, 0.3) is 67.0 Å². The van der Waals surface area contributed by atoms with Crippen LogP contribution in [0.1, 0.15) is 43.6 Å². The van der Waals surface area contributed by atoms with E-state index in [1.165, 1.54) is 0 Å². The molecule has 81 heteroatoms. The second kappa shape index (κ2) is 40.9. The van der Waals surface area contributed by atoms with Crippen molar-refractivity contribution >= 4 is 155 Å². The Hall–Kier alpha value is -11.4. The molecule has 7 fully saturated rings. The van der Waals surface area contributed by atoms with Crippen molar-refractivity contribution in [3.8, 4) is 0 Å². The molecule has 13 aromatic rings. The minimum atomic E-state index is -6.04. The van der Waals surface area contributed by atoms with E-state index in [2.05, 4.69) is 94.7 Å². The number of imidazole rings is 6. The molecule has 808 valence electrons. The Kier molecular flexibility index (Phi) is 28.8. The number of rotatable bonds is 38. The number of hydrogen-bond acceptors (Lipinski definition) is 60. The number of ether oxygens (including phenoxy) is 8. The van der Waals surface area contributed by atoms with Crippen LogP contribution in [0.5, 0.6) is 0 Å². The van der Waals surface area contributed by atoms with Gasteiger partial charge in [0.05, 0.1) is 84.2 Å². The number of phosphoric ester groups is 6. The average molecular weight is 2230 g/mol. The first-order chi connectivity index (χ1) is 71.2. The molecule has 0 saturated carbocycles. The second-order valence-corrected chi connectivity index (χ2v) is 42.1. The maximum atomic E-state index is 14.9. The van der Waals surface area contributed by atoms with Crippen LogP contribution in [0.3, 0.4) is 0 Å². The van der Waals surface area contributed by atoms with Gasteiger partial charge in [0, 0.05) is 6.20 Å². The van der Waals surface area contributed by atoms with Gasteiger partial charge < -0.3 is 153 Å². The highest BCUT2D eigenvalue weighted by molar-refractivity contribution is 7.48. The van der Waals surface area contributed by atoms with Gasteiger partial charge in [0.25, 0.3) is 5.56 Å². The third-order valence-electron chi connectivity index (χ3n) is 24.5. The fraction of sp³-hybridized carbons (Fsp3) is 0.507. The minimum absolute atomic E-state index is 0.0126. The van der Waals surface area contributed by atoms with Crippen LogP contribution < -0.4 is 51.4 Å². The van der Waals surface area contributed by atoms with Crippen LogP contribution in [0.2, 0.25) is 0 Å². The molecule has 7 aliphatic heterocycles. The number of nitrogen functional groups attached to an aromatic ring is 7. The Morgan fingerprint density at radius 2 is 0.553 bits per heavy atom. The summed E-state index contributed by atoms with van der Waals surface area (Å²) in [5.74, 6) is -1.68. The molecule has 150 heavy (non-hydrogen) atoms. The zero-order chi connectivity index (χ0) is 106. The number of hydrogen-bond donors (Lipinski definition) is 23. The molecule has 0 aromatic carbocycles. The third-order valence-corrected chi connectivity index (χ3v) is 29.9. The number of fused-ring (bicyclic) bond motifs is 6. The van der Waals surface area contributed by atoms with E-state index in [1.807, 2.05) is 0 Å². The summed E-state index contributed by atoms with van der Waals surface area (Å²) in [4.78, 5) is 180. The summed E-state index contributed by atoms with van der Waals surface area (Å²) in [6.45, 7) is -8.65. The van der Waals surface area contributed by atoms with E-state index in [0.29, 0.717) is 4.57 Å². The number of aliphatic hydroxyl groups is 8. The van der Waals surface area contributed by atoms with E-state index in [-0.39, 0.29) is 96.4 Å². The Balaban J connectivity index is 0.544. The molecule has 13 aromatic heterocycles. The zero-order valence-corrected chi connectivity index (χ0v) is 80.6. The zero-order valence-electron chi connectivity index (χ0n) is 75.3. The van der Waals surface area contributed by atoms with Crippen molar-refractivity contribution in [2.45, 2.75) is 172 Å². The van der Waals surface area contributed by atoms with Crippen LogP contribution >= 0.6 is 46.9 Å². The van der Waals surface area contributed by atoms with Crippen LogP contribution in [0.15, 0.2) is 91.5 Å². The van der Waals surface area contributed by atoms with Gasteiger partial charge >= 0.3 is 52.6 Å². The van der Waals surface area contributed by atoms with Crippen molar-refractivity contribution in [3.05, 3.63) is 103 Å². The van der Waals surface area contributed by atoms with E-state index in [0.717, 1.165) is 109 Å². The Morgan fingerprint density at radius 1 is 0.307 bits per heavy atom. The SMILES string of the molecule is Nc1ccn([C@@H]2O[C@H](COP(=O)(O)O[C@H]3[C@@H](O)[C@H](n4cnc5c(N)ncnc54)O[C@@H]3COP(=O)(O)O[C@H]3[C@@H](O)[C@H](n4cnc5c(N)ncnc54)O[C@@H]3COP(=O)(O)O[C@H]3[C@@H](O)[C@H](n4cnc5c(N)ncnc54)O[C@@H]3COP(=O)(O)O[C@H]3[C@@H](O)[C@H](n4cnc5c(=O)[nH]c(N)nc54)O[C@@H]3COP(=O)(O)O[C@H]3[C@@H](O)[C@H](n4cnc5c(N)ncnc54)O[C@@H]3CO)[C@@H](OC[C@H]3O[C@@H](n4cnc5c(N)ncnc54)[C@H](O)[C@@H]3OP(=O)(O)O)[C@H]2O)c(=O)n1. The van der Waals surface area contributed by atoms with Gasteiger partial charge in [0.2, 0.25) is 5.95 Å². The summed E-state index contributed by atoms with van der Waals surface area (Å²) < 4.78 is 201. The molecule has 30 N–H and O–H groups in total. The Labute approximate surface area is 829 Å². The van der Waals surface area contributed by atoms with Crippen molar-refractivity contribution in [2.24, 2.45) is 0 Å². The molecule has 0 amide bonds. The first-order valence-corrected chi connectivity index (χ1v) is 52.5. The highest BCUT2D eigenvalue weighted by Crippen LogP contribution is 2.58. The molecule has 33 atom stereocenters. The summed E-state index contributed by atoms with van der Waals surface area (Å²) >= 11 is 0. The summed E-state index contributed by atoms with van der Waals surface area (Å²) in [6, 6.07) is 1.11. The molecule has 7 saturated heterocycles. The number of nitrogens with one attached hydrogen (secondary N) is 1. The van der Waals surface area contributed by atoms with Gasteiger partial charge in [-0.15, -0.1) is 0 Å². The van der Waals surface area contributed by atoms with Crippen molar-refractivity contribution in [1.82, 2.24) is 127 Å². The number of aliphatic hydroxyl groups excluding tert-OH is 8. The highest BCUT2D eigenvalue weighted by atomic mass is 31.2. The molecular formula is C69H85N33O42P6. The normalized spacial score (nSPS) is 31.9. The van der Waals surface area contributed by atoms with Gasteiger partial charge in [-0.2, -0.15) is 9.97 Å². The van der Waals surface area contributed by atoms with Crippen molar-refractivity contribution in [3.63, 3.8) is 0 Å². The second-order valence-electron chi connectivity index (χ2n) is 33.8. The topological polar surface area (TPSA) is 1080 Å². The highest BCUT2D eigenvalue weighted by Gasteiger charge is 2.60. The number of nitrogens with zero attached hydrogens (tertiary/aromatic N) is 25. The number of H-pyrrole nitrogens is 1. The van der Waals surface area contributed by atoms with Gasteiger partial charge in [-0.05, 0) is 6.07 Å². The van der Waals surface area contributed by atoms with Gasteiger partial charge in [-0.25, -0.2) is 112 Å². The lowest BCUT2D eigenvalue weighted by molar-refractivity contribution is -0.110. The van der Waals surface area contributed by atoms with Crippen molar-refractivity contribution < 1.29 is 190 Å². The summed E-state index contributed by atoms with van der Waals surface area (Å²) in [7, 11) is -35.1. The smallest absolute Gasteiger partial charge is 0.394 e. The van der Waals surface area contributed by atoms with E-state index in [4.69, 9.17) is 128 Å². The lowest BCUT2D eigenvalue weighted by Crippen LogP contribution is -2.42. The Bertz CT molecular complexity index is 7710. The van der Waals surface area contributed by atoms with E-state index in [1.54, 1.807) is 0 Å². The first kappa shape index (κ1) is 106. The van der Waals surface area contributed by atoms with E-state index < -0.39 is 288 Å². The number of nitrogens with two attached hydrogens (primary N) is 7. The van der Waals surface area contributed by atoms with Crippen LogP contribution in [-0.4, -0.2) is 376 Å². The van der Waals surface area contributed by atoms with Gasteiger partial charge in [-0.1, -0.05) is 0 Å². The van der Waals surface area contributed by atoms with Gasteiger partial charge in [0.1, 0.15) is 193 Å². The molecule has 0 spiro atoms. The maximum absolute atomic E-state index is 14.9. The fourth-order valence-corrected chi connectivity index (χ4v) is 23.1. The monoisotopic (exact) mass is 2230 g/mol. The van der Waals surface area contributed by atoms with Crippen molar-refractivity contribution in [1.29, 1.82) is 0 Å². The molecule has 75 nitrogen and oxygen atoms in total. The lowest BCUT2D eigenvalue weighted by Gasteiger charge is -2.27.